The molecule has 0 unspecified atom stereocenters. The largest absolute Gasteiger partial charge is 0.454 e. The van der Waals surface area contributed by atoms with Crippen molar-refractivity contribution in [3.63, 3.8) is 0 Å². The number of benzene rings is 2. The van der Waals surface area contributed by atoms with Gasteiger partial charge in [-0.3, -0.25) is 4.57 Å². The summed E-state index contributed by atoms with van der Waals surface area (Å²) >= 11 is 0. The van der Waals surface area contributed by atoms with E-state index in [1.54, 1.807) is 6.20 Å². The molecule has 3 aromatic heterocycles. The summed E-state index contributed by atoms with van der Waals surface area (Å²) < 4.78 is 7.91. The number of aromatic nitrogens is 3. The lowest BCUT2D eigenvalue weighted by atomic mass is 10.1. The molecular formula is C20H13N3O. The van der Waals surface area contributed by atoms with Crippen molar-refractivity contribution in [2.24, 2.45) is 0 Å². The number of rotatable bonds is 2. The minimum atomic E-state index is 0.628. The number of furan rings is 1. The second-order valence-electron chi connectivity index (χ2n) is 5.64. The van der Waals surface area contributed by atoms with E-state index in [-0.39, 0.29) is 0 Å². The number of hydrogen-bond donors (Lipinski definition) is 0. The van der Waals surface area contributed by atoms with Crippen LogP contribution in [0.2, 0.25) is 0 Å². The first-order valence-corrected chi connectivity index (χ1v) is 7.76. The fourth-order valence-corrected chi connectivity index (χ4v) is 3.00. The van der Waals surface area contributed by atoms with E-state index in [2.05, 4.69) is 34.2 Å². The highest BCUT2D eigenvalue weighted by molar-refractivity contribution is 6.06. The van der Waals surface area contributed by atoms with Crippen molar-refractivity contribution in [2.75, 3.05) is 0 Å². The molecule has 0 radical (unpaired) electrons. The normalized spacial score (nSPS) is 11.3. The van der Waals surface area contributed by atoms with E-state index >= 15 is 0 Å². The summed E-state index contributed by atoms with van der Waals surface area (Å²) in [5.74, 6) is 1.37. The summed E-state index contributed by atoms with van der Waals surface area (Å²) in [6, 6.07) is 20.2. The molecule has 5 rings (SSSR count). The van der Waals surface area contributed by atoms with Crippen LogP contribution in [0, 0.1) is 0 Å². The van der Waals surface area contributed by atoms with E-state index in [1.165, 1.54) is 10.8 Å². The predicted octanol–water partition coefficient (Wildman–Crippen LogP) is 4.83. The summed E-state index contributed by atoms with van der Waals surface area (Å²) in [6.07, 6.45) is 5.60. The molecule has 0 saturated heterocycles. The molecule has 0 N–H and O–H groups in total. The second-order valence-corrected chi connectivity index (χ2v) is 5.64. The maximum absolute atomic E-state index is 6.04. The van der Waals surface area contributed by atoms with Crippen molar-refractivity contribution < 1.29 is 4.42 Å². The molecule has 5 aromatic rings. The van der Waals surface area contributed by atoms with Gasteiger partial charge in [0.15, 0.2) is 5.76 Å². The van der Waals surface area contributed by atoms with Gasteiger partial charge in [-0.1, -0.05) is 30.3 Å². The zero-order valence-corrected chi connectivity index (χ0v) is 12.8. The Morgan fingerprint density at radius 1 is 0.833 bits per heavy atom. The standard InChI is InChI=1S/C20H13N3O/c1-2-6-15-14(5-1)7-8-18-16(15)13-19(24-18)17-9-10-21-20(22-17)23-11-3-4-12-23/h1-13H. The molecule has 3 heterocycles. The highest BCUT2D eigenvalue weighted by Crippen LogP contribution is 2.32. The Bertz CT molecular complexity index is 1160. The first-order valence-electron chi connectivity index (χ1n) is 7.76. The third kappa shape index (κ3) is 2.01. The van der Waals surface area contributed by atoms with Gasteiger partial charge < -0.3 is 4.42 Å². The summed E-state index contributed by atoms with van der Waals surface area (Å²) in [6.45, 7) is 0. The van der Waals surface area contributed by atoms with Crippen molar-refractivity contribution in [1.29, 1.82) is 0 Å². The summed E-state index contributed by atoms with van der Waals surface area (Å²) in [4.78, 5) is 8.94. The van der Waals surface area contributed by atoms with Crippen LogP contribution in [-0.2, 0) is 0 Å². The van der Waals surface area contributed by atoms with Gasteiger partial charge in [-0.25, -0.2) is 9.97 Å². The molecule has 4 heteroatoms. The lowest BCUT2D eigenvalue weighted by molar-refractivity contribution is 0.628. The van der Waals surface area contributed by atoms with Crippen LogP contribution >= 0.6 is 0 Å². The zero-order valence-electron chi connectivity index (χ0n) is 12.8. The van der Waals surface area contributed by atoms with Crippen LogP contribution in [0.15, 0.2) is 83.7 Å². The molecule has 24 heavy (non-hydrogen) atoms. The maximum atomic E-state index is 6.04. The Kier molecular flexibility index (Phi) is 2.76. The van der Waals surface area contributed by atoms with Crippen molar-refractivity contribution in [3.8, 4) is 17.4 Å². The molecule has 0 fully saturated rings. The van der Waals surface area contributed by atoms with E-state index < -0.39 is 0 Å². The lowest BCUT2D eigenvalue weighted by Gasteiger charge is -2.01. The van der Waals surface area contributed by atoms with Crippen LogP contribution in [0.25, 0.3) is 39.1 Å². The molecule has 0 aliphatic heterocycles. The Morgan fingerprint density at radius 3 is 2.62 bits per heavy atom. The lowest BCUT2D eigenvalue weighted by Crippen LogP contribution is -1.98. The Labute approximate surface area is 138 Å². The van der Waals surface area contributed by atoms with Crippen LogP contribution in [0.5, 0.6) is 0 Å². The summed E-state index contributed by atoms with van der Waals surface area (Å²) in [5.41, 5.74) is 1.64. The van der Waals surface area contributed by atoms with Crippen LogP contribution < -0.4 is 0 Å². The van der Waals surface area contributed by atoms with Crippen LogP contribution in [-0.4, -0.2) is 14.5 Å². The Balaban J connectivity index is 1.70. The minimum absolute atomic E-state index is 0.628. The topological polar surface area (TPSA) is 43.9 Å². The quantitative estimate of drug-likeness (QED) is 0.469. The van der Waals surface area contributed by atoms with E-state index in [1.807, 2.05) is 53.4 Å². The highest BCUT2D eigenvalue weighted by Gasteiger charge is 2.11. The van der Waals surface area contributed by atoms with Crippen LogP contribution in [0.3, 0.4) is 0 Å². The number of hydrogen-bond acceptors (Lipinski definition) is 3. The molecule has 4 nitrogen and oxygen atoms in total. The molecule has 2 aromatic carbocycles. The second kappa shape index (κ2) is 5.06. The number of nitrogens with zero attached hydrogens (tertiary/aromatic N) is 3. The smallest absolute Gasteiger partial charge is 0.234 e. The molecule has 0 bridgehead atoms. The van der Waals surface area contributed by atoms with Gasteiger partial charge in [0.05, 0.1) is 0 Å². The van der Waals surface area contributed by atoms with Gasteiger partial charge in [-0.05, 0) is 41.1 Å². The third-order valence-corrected chi connectivity index (χ3v) is 4.16. The molecule has 0 amide bonds. The summed E-state index contributed by atoms with van der Waals surface area (Å²) in [7, 11) is 0. The average Bonchev–Trinajstić information content (AvgIpc) is 3.31. The number of fused-ring (bicyclic) bond motifs is 3. The van der Waals surface area contributed by atoms with E-state index in [9.17, 15) is 0 Å². The van der Waals surface area contributed by atoms with E-state index in [4.69, 9.17) is 4.42 Å². The van der Waals surface area contributed by atoms with E-state index in [0.717, 1.165) is 22.4 Å². The van der Waals surface area contributed by atoms with Crippen molar-refractivity contribution in [2.45, 2.75) is 0 Å². The molecule has 0 aliphatic rings. The zero-order chi connectivity index (χ0) is 15.9. The van der Waals surface area contributed by atoms with Gasteiger partial charge in [-0.15, -0.1) is 0 Å². The molecule has 0 aliphatic carbocycles. The Hall–Kier alpha value is -3.40. The average molecular weight is 311 g/mol. The fourth-order valence-electron chi connectivity index (χ4n) is 3.00. The van der Waals surface area contributed by atoms with Crippen molar-refractivity contribution in [1.82, 2.24) is 14.5 Å². The van der Waals surface area contributed by atoms with Crippen LogP contribution in [0.1, 0.15) is 0 Å². The minimum Gasteiger partial charge on any atom is -0.454 e. The van der Waals surface area contributed by atoms with Gasteiger partial charge in [0.1, 0.15) is 11.3 Å². The van der Waals surface area contributed by atoms with Gasteiger partial charge in [0.25, 0.3) is 0 Å². The molecule has 0 spiro atoms. The molecule has 0 saturated carbocycles. The van der Waals surface area contributed by atoms with Crippen LogP contribution in [0.4, 0.5) is 0 Å². The fraction of sp³-hybridized carbons (Fsp3) is 0. The van der Waals surface area contributed by atoms with E-state index in [0.29, 0.717) is 5.95 Å². The van der Waals surface area contributed by atoms with Crippen molar-refractivity contribution >= 4 is 21.7 Å². The Morgan fingerprint density at radius 2 is 1.71 bits per heavy atom. The predicted molar refractivity (Wildman–Crippen MR) is 94.1 cm³/mol. The van der Waals surface area contributed by atoms with Gasteiger partial charge in [0.2, 0.25) is 5.95 Å². The maximum Gasteiger partial charge on any atom is 0.234 e. The van der Waals surface area contributed by atoms with Crippen molar-refractivity contribution in [3.05, 3.63) is 79.3 Å². The summed E-state index contributed by atoms with van der Waals surface area (Å²) in [5, 5.41) is 3.49. The van der Waals surface area contributed by atoms with Gasteiger partial charge in [0, 0.05) is 24.0 Å². The first kappa shape index (κ1) is 13.1. The first-order chi connectivity index (χ1) is 11.9. The highest BCUT2D eigenvalue weighted by atomic mass is 16.3. The van der Waals surface area contributed by atoms with Gasteiger partial charge >= 0.3 is 0 Å². The van der Waals surface area contributed by atoms with Gasteiger partial charge in [-0.2, -0.15) is 0 Å². The monoisotopic (exact) mass is 311 g/mol. The SMILES string of the molecule is c1ccc2c(c1)ccc1oc(-c3ccnc(-n4cccc4)n3)cc12. The molecule has 0 atom stereocenters. The molecule has 114 valence electrons. The third-order valence-electron chi connectivity index (χ3n) is 4.16. The molecular weight excluding hydrogens is 298 g/mol.